The first kappa shape index (κ1) is 14.5. The fraction of sp³-hybridized carbons (Fsp3) is 0.533. The molecule has 2 saturated heterocycles. The van der Waals surface area contributed by atoms with Gasteiger partial charge in [0.05, 0.1) is 17.4 Å². The van der Waals surface area contributed by atoms with Gasteiger partial charge in [0, 0.05) is 24.5 Å². The summed E-state index contributed by atoms with van der Waals surface area (Å²) in [6.07, 6.45) is 0. The lowest BCUT2D eigenvalue weighted by Crippen LogP contribution is -2.38. The minimum atomic E-state index is -3.13. The standard InChI is InChI=1S/C15H19NO4S/c1-10-14(15(17)18)12-8-21(19,20)9-13(12)16(10)7-11-5-3-2-4-6-11/h2-6,10,12-14H,7-9H2,1H3,(H,17,18). The van der Waals surface area contributed by atoms with E-state index in [2.05, 4.69) is 4.90 Å². The van der Waals surface area contributed by atoms with Crippen molar-refractivity contribution in [2.75, 3.05) is 11.5 Å². The van der Waals surface area contributed by atoms with Crippen LogP contribution in [0.5, 0.6) is 0 Å². The topological polar surface area (TPSA) is 74.7 Å². The number of likely N-dealkylation sites (tertiary alicyclic amines) is 1. The SMILES string of the molecule is CC1C(C(=O)O)C2CS(=O)(=O)CC2N1Cc1ccccc1. The lowest BCUT2D eigenvalue weighted by Gasteiger charge is -2.27. The van der Waals surface area contributed by atoms with Crippen LogP contribution < -0.4 is 0 Å². The molecule has 114 valence electrons. The zero-order chi connectivity index (χ0) is 15.2. The average molecular weight is 309 g/mol. The molecular formula is C15H19NO4S. The molecule has 0 aromatic heterocycles. The molecular weight excluding hydrogens is 290 g/mol. The molecule has 0 spiro atoms. The molecule has 0 amide bonds. The van der Waals surface area contributed by atoms with E-state index in [-0.39, 0.29) is 29.5 Å². The van der Waals surface area contributed by atoms with Gasteiger partial charge in [-0.1, -0.05) is 30.3 Å². The van der Waals surface area contributed by atoms with Gasteiger partial charge in [0.2, 0.25) is 0 Å². The second kappa shape index (κ2) is 5.10. The minimum absolute atomic E-state index is 0.00423. The molecule has 5 nitrogen and oxygen atoms in total. The summed E-state index contributed by atoms with van der Waals surface area (Å²) in [4.78, 5) is 13.6. The second-order valence-electron chi connectivity index (χ2n) is 6.07. The Labute approximate surface area is 124 Å². The van der Waals surface area contributed by atoms with Crippen molar-refractivity contribution in [2.24, 2.45) is 11.8 Å². The lowest BCUT2D eigenvalue weighted by molar-refractivity contribution is -0.143. The zero-order valence-corrected chi connectivity index (χ0v) is 12.7. The van der Waals surface area contributed by atoms with Crippen LogP contribution in [-0.2, 0) is 21.2 Å². The van der Waals surface area contributed by atoms with Gasteiger partial charge in [-0.3, -0.25) is 9.69 Å². The van der Waals surface area contributed by atoms with E-state index in [9.17, 15) is 18.3 Å². The summed E-state index contributed by atoms with van der Waals surface area (Å²) >= 11 is 0. The number of sulfone groups is 1. The van der Waals surface area contributed by atoms with Crippen LogP contribution >= 0.6 is 0 Å². The Morgan fingerprint density at radius 2 is 1.95 bits per heavy atom. The predicted molar refractivity (Wildman–Crippen MR) is 78.5 cm³/mol. The number of carboxylic acids is 1. The van der Waals surface area contributed by atoms with Crippen LogP contribution in [0.15, 0.2) is 30.3 Å². The lowest BCUT2D eigenvalue weighted by atomic mass is 9.90. The van der Waals surface area contributed by atoms with Crippen molar-refractivity contribution >= 4 is 15.8 Å². The molecule has 2 aliphatic heterocycles. The highest BCUT2D eigenvalue weighted by molar-refractivity contribution is 7.91. The van der Waals surface area contributed by atoms with Crippen molar-refractivity contribution in [1.29, 1.82) is 0 Å². The monoisotopic (exact) mass is 309 g/mol. The normalized spacial score (nSPS) is 34.7. The molecule has 3 rings (SSSR count). The van der Waals surface area contributed by atoms with Crippen molar-refractivity contribution in [3.63, 3.8) is 0 Å². The third kappa shape index (κ3) is 2.58. The highest BCUT2D eigenvalue weighted by Crippen LogP contribution is 2.42. The Morgan fingerprint density at radius 1 is 1.29 bits per heavy atom. The van der Waals surface area contributed by atoms with Crippen LogP contribution in [0, 0.1) is 11.8 Å². The molecule has 1 aromatic carbocycles. The molecule has 4 atom stereocenters. The largest absolute Gasteiger partial charge is 0.481 e. The Bertz CT molecular complexity index is 643. The number of hydrogen-bond donors (Lipinski definition) is 1. The maximum atomic E-state index is 11.9. The molecule has 4 unspecified atom stereocenters. The van der Waals surface area contributed by atoms with E-state index < -0.39 is 21.7 Å². The molecule has 2 heterocycles. The zero-order valence-electron chi connectivity index (χ0n) is 11.8. The Balaban J connectivity index is 1.91. The average Bonchev–Trinajstić information content (AvgIpc) is 2.83. The Morgan fingerprint density at radius 3 is 2.57 bits per heavy atom. The van der Waals surface area contributed by atoms with E-state index >= 15 is 0 Å². The van der Waals surface area contributed by atoms with E-state index in [4.69, 9.17) is 0 Å². The molecule has 21 heavy (non-hydrogen) atoms. The fourth-order valence-electron chi connectivity index (χ4n) is 3.85. The number of benzene rings is 1. The molecule has 0 aliphatic carbocycles. The van der Waals surface area contributed by atoms with Gasteiger partial charge in [-0.05, 0) is 12.5 Å². The highest BCUT2D eigenvalue weighted by atomic mass is 32.2. The molecule has 0 saturated carbocycles. The van der Waals surface area contributed by atoms with Gasteiger partial charge in [-0.15, -0.1) is 0 Å². The molecule has 1 aromatic rings. The predicted octanol–water partition coefficient (Wildman–Crippen LogP) is 1.00. The number of rotatable bonds is 3. The van der Waals surface area contributed by atoms with Gasteiger partial charge in [0.1, 0.15) is 0 Å². The van der Waals surface area contributed by atoms with Gasteiger partial charge in [-0.2, -0.15) is 0 Å². The summed E-state index contributed by atoms with van der Waals surface area (Å²) in [6, 6.07) is 9.46. The van der Waals surface area contributed by atoms with Crippen molar-refractivity contribution in [3.8, 4) is 0 Å². The third-order valence-corrected chi connectivity index (χ3v) is 6.53. The first-order valence-electron chi connectivity index (χ1n) is 7.12. The van der Waals surface area contributed by atoms with Crippen LogP contribution in [0.25, 0.3) is 0 Å². The number of carboxylic acid groups (broad SMARTS) is 1. The molecule has 1 N–H and O–H groups in total. The summed E-state index contributed by atoms with van der Waals surface area (Å²) < 4.78 is 23.8. The van der Waals surface area contributed by atoms with E-state index in [0.29, 0.717) is 6.54 Å². The second-order valence-corrected chi connectivity index (χ2v) is 8.22. The van der Waals surface area contributed by atoms with Gasteiger partial charge in [0.15, 0.2) is 9.84 Å². The van der Waals surface area contributed by atoms with Crippen LogP contribution in [0.1, 0.15) is 12.5 Å². The first-order valence-corrected chi connectivity index (χ1v) is 8.94. The summed E-state index contributed by atoms with van der Waals surface area (Å²) in [7, 11) is -3.13. The summed E-state index contributed by atoms with van der Waals surface area (Å²) in [5, 5.41) is 9.46. The van der Waals surface area contributed by atoms with Crippen molar-refractivity contribution in [1.82, 2.24) is 4.90 Å². The van der Waals surface area contributed by atoms with Crippen molar-refractivity contribution in [2.45, 2.75) is 25.6 Å². The molecule has 2 fully saturated rings. The quantitative estimate of drug-likeness (QED) is 0.902. The summed E-state index contributed by atoms with van der Waals surface area (Å²) in [6.45, 7) is 2.50. The first-order chi connectivity index (χ1) is 9.89. The Kier molecular flexibility index (Phi) is 3.53. The summed E-state index contributed by atoms with van der Waals surface area (Å²) in [5.41, 5.74) is 1.08. The number of carbonyl (C=O) groups is 1. The molecule has 6 heteroatoms. The van der Waals surface area contributed by atoms with Crippen molar-refractivity contribution in [3.05, 3.63) is 35.9 Å². The molecule has 0 radical (unpaired) electrons. The summed E-state index contributed by atoms with van der Waals surface area (Å²) in [5.74, 6) is -1.68. The molecule has 2 aliphatic rings. The maximum Gasteiger partial charge on any atom is 0.308 e. The number of hydrogen-bond acceptors (Lipinski definition) is 4. The van der Waals surface area contributed by atoms with Crippen molar-refractivity contribution < 1.29 is 18.3 Å². The number of nitrogens with zero attached hydrogens (tertiary/aromatic N) is 1. The number of aliphatic carboxylic acids is 1. The van der Waals surface area contributed by atoms with Gasteiger partial charge >= 0.3 is 5.97 Å². The van der Waals surface area contributed by atoms with Crippen LogP contribution in [0.2, 0.25) is 0 Å². The van der Waals surface area contributed by atoms with Crippen LogP contribution in [-0.4, -0.2) is 48.0 Å². The fourth-order valence-corrected chi connectivity index (χ4v) is 5.96. The third-order valence-electron chi connectivity index (χ3n) is 4.79. The van der Waals surface area contributed by atoms with Gasteiger partial charge in [0.25, 0.3) is 0 Å². The van der Waals surface area contributed by atoms with Crippen LogP contribution in [0.3, 0.4) is 0 Å². The molecule has 0 bridgehead atoms. The maximum absolute atomic E-state index is 11.9. The van der Waals surface area contributed by atoms with Gasteiger partial charge < -0.3 is 5.11 Å². The smallest absolute Gasteiger partial charge is 0.308 e. The van der Waals surface area contributed by atoms with E-state index in [0.717, 1.165) is 5.56 Å². The highest BCUT2D eigenvalue weighted by Gasteiger charge is 2.56. The minimum Gasteiger partial charge on any atom is -0.481 e. The van der Waals surface area contributed by atoms with E-state index in [1.807, 2.05) is 37.3 Å². The van der Waals surface area contributed by atoms with E-state index in [1.165, 1.54) is 0 Å². The van der Waals surface area contributed by atoms with Crippen LogP contribution in [0.4, 0.5) is 0 Å². The Hall–Kier alpha value is -1.40. The number of fused-ring (bicyclic) bond motifs is 1. The van der Waals surface area contributed by atoms with Gasteiger partial charge in [-0.25, -0.2) is 8.42 Å². The van der Waals surface area contributed by atoms with E-state index in [1.54, 1.807) is 0 Å².